The van der Waals surface area contributed by atoms with Crippen LogP contribution in [0.15, 0.2) is 42.6 Å². The lowest BCUT2D eigenvalue weighted by Gasteiger charge is -2.07. The molecule has 0 amide bonds. The second-order valence-corrected chi connectivity index (χ2v) is 5.91. The number of ether oxygens (including phenoxy) is 1. The predicted molar refractivity (Wildman–Crippen MR) is 94.0 cm³/mol. The quantitative estimate of drug-likeness (QED) is 0.633. The molecule has 0 atom stereocenters. The summed E-state index contributed by atoms with van der Waals surface area (Å²) in [6.45, 7) is 3.04. The molecule has 1 aromatic heterocycles. The van der Waals surface area contributed by atoms with E-state index in [1.807, 2.05) is 18.2 Å². The Morgan fingerprint density at radius 2 is 1.70 bits per heavy atom. The second-order valence-electron chi connectivity index (χ2n) is 5.91. The molecule has 0 saturated carbocycles. The molecule has 0 aliphatic carbocycles. The average molecular weight is 313 g/mol. The molecule has 1 heterocycles. The minimum absolute atomic E-state index is 0.213. The monoisotopic (exact) mass is 313 g/mol. The van der Waals surface area contributed by atoms with Gasteiger partial charge in [0.25, 0.3) is 0 Å². The van der Waals surface area contributed by atoms with Crippen molar-refractivity contribution >= 4 is 0 Å². The number of aromatic hydroxyl groups is 1. The van der Waals surface area contributed by atoms with Crippen LogP contribution in [0.1, 0.15) is 50.3 Å². The first-order chi connectivity index (χ1) is 11.3. The van der Waals surface area contributed by atoms with Crippen LogP contribution in [0, 0.1) is 0 Å². The van der Waals surface area contributed by atoms with E-state index in [-0.39, 0.29) is 5.75 Å². The fourth-order valence-corrected chi connectivity index (χ4v) is 2.48. The van der Waals surface area contributed by atoms with Gasteiger partial charge in [0.15, 0.2) is 0 Å². The van der Waals surface area contributed by atoms with E-state index < -0.39 is 0 Å². The van der Waals surface area contributed by atoms with E-state index in [0.717, 1.165) is 37.3 Å². The van der Waals surface area contributed by atoms with Gasteiger partial charge < -0.3 is 9.84 Å². The molecular formula is C20H27NO2. The standard InChI is InChI=1S/C20H27NO2/c1-2-3-4-5-6-15-23-20-13-8-17(9-14-20)7-10-18-11-12-19(22)16-21-18/h8-9,11-14,16,22H,2-7,10,15H2,1H3. The molecule has 2 rings (SSSR count). The highest BCUT2D eigenvalue weighted by molar-refractivity contribution is 5.28. The van der Waals surface area contributed by atoms with Crippen LogP contribution in [-0.4, -0.2) is 16.7 Å². The maximum absolute atomic E-state index is 9.23. The van der Waals surface area contributed by atoms with Crippen molar-refractivity contribution in [3.63, 3.8) is 0 Å². The Labute approximate surface area is 139 Å². The van der Waals surface area contributed by atoms with Gasteiger partial charge in [-0.2, -0.15) is 0 Å². The fourth-order valence-electron chi connectivity index (χ4n) is 2.48. The summed E-state index contributed by atoms with van der Waals surface area (Å²) in [6.07, 6.45) is 9.61. The summed E-state index contributed by atoms with van der Waals surface area (Å²) in [7, 11) is 0. The van der Waals surface area contributed by atoms with Crippen molar-refractivity contribution in [1.82, 2.24) is 4.98 Å². The maximum atomic E-state index is 9.23. The first-order valence-electron chi connectivity index (χ1n) is 8.63. The number of aromatic nitrogens is 1. The largest absolute Gasteiger partial charge is 0.506 e. The molecule has 3 heteroatoms. The molecule has 0 saturated heterocycles. The number of hydrogen-bond donors (Lipinski definition) is 1. The predicted octanol–water partition coefficient (Wildman–Crippen LogP) is 4.92. The van der Waals surface area contributed by atoms with Gasteiger partial charge in [0.1, 0.15) is 11.5 Å². The summed E-state index contributed by atoms with van der Waals surface area (Å²) in [5.41, 5.74) is 2.27. The van der Waals surface area contributed by atoms with Gasteiger partial charge in [0.2, 0.25) is 0 Å². The highest BCUT2D eigenvalue weighted by Crippen LogP contribution is 2.15. The minimum atomic E-state index is 0.213. The molecule has 0 fully saturated rings. The number of pyridine rings is 1. The third kappa shape index (κ3) is 6.72. The third-order valence-corrected chi connectivity index (χ3v) is 3.92. The van der Waals surface area contributed by atoms with Crippen LogP contribution in [0.25, 0.3) is 0 Å². The lowest BCUT2D eigenvalue weighted by molar-refractivity contribution is 0.304. The highest BCUT2D eigenvalue weighted by Gasteiger charge is 1.99. The van der Waals surface area contributed by atoms with Crippen LogP contribution < -0.4 is 4.74 Å². The number of rotatable bonds is 10. The summed E-state index contributed by atoms with van der Waals surface area (Å²) in [6, 6.07) is 11.9. The number of hydrogen-bond acceptors (Lipinski definition) is 3. The molecule has 0 unspecified atom stereocenters. The van der Waals surface area contributed by atoms with Gasteiger partial charge in [0.05, 0.1) is 12.8 Å². The Hall–Kier alpha value is -2.03. The SMILES string of the molecule is CCCCCCCOc1ccc(CCc2ccc(O)cn2)cc1. The number of benzene rings is 1. The summed E-state index contributed by atoms with van der Waals surface area (Å²) in [5, 5.41) is 9.23. The van der Waals surface area contributed by atoms with E-state index in [1.165, 1.54) is 37.4 Å². The zero-order valence-corrected chi connectivity index (χ0v) is 14.0. The molecule has 2 aromatic rings. The summed E-state index contributed by atoms with van der Waals surface area (Å²) >= 11 is 0. The Morgan fingerprint density at radius 1 is 0.913 bits per heavy atom. The van der Waals surface area contributed by atoms with E-state index in [2.05, 4.69) is 24.0 Å². The van der Waals surface area contributed by atoms with Gasteiger partial charge in [-0.05, 0) is 49.1 Å². The number of aryl methyl sites for hydroxylation is 2. The van der Waals surface area contributed by atoms with Crippen molar-refractivity contribution in [2.24, 2.45) is 0 Å². The molecule has 0 radical (unpaired) electrons. The number of nitrogens with zero attached hydrogens (tertiary/aromatic N) is 1. The molecular weight excluding hydrogens is 286 g/mol. The van der Waals surface area contributed by atoms with E-state index in [9.17, 15) is 5.11 Å². The lowest BCUT2D eigenvalue weighted by atomic mass is 10.1. The van der Waals surface area contributed by atoms with Crippen LogP contribution in [0.2, 0.25) is 0 Å². The second kappa shape index (κ2) is 9.88. The van der Waals surface area contributed by atoms with E-state index in [1.54, 1.807) is 6.07 Å². The van der Waals surface area contributed by atoms with Gasteiger partial charge in [0, 0.05) is 5.69 Å². The van der Waals surface area contributed by atoms with Gasteiger partial charge in [-0.25, -0.2) is 0 Å². The Morgan fingerprint density at radius 3 is 2.39 bits per heavy atom. The van der Waals surface area contributed by atoms with Crippen molar-refractivity contribution in [3.05, 3.63) is 53.9 Å². The maximum Gasteiger partial charge on any atom is 0.133 e. The molecule has 0 bridgehead atoms. The van der Waals surface area contributed by atoms with Gasteiger partial charge >= 0.3 is 0 Å². The van der Waals surface area contributed by atoms with Gasteiger partial charge in [-0.3, -0.25) is 4.98 Å². The van der Waals surface area contributed by atoms with Gasteiger partial charge in [-0.1, -0.05) is 44.7 Å². The molecule has 1 aromatic carbocycles. The lowest BCUT2D eigenvalue weighted by Crippen LogP contribution is -1.98. The Kier molecular flexibility index (Phi) is 7.44. The molecule has 0 aliphatic rings. The van der Waals surface area contributed by atoms with Crippen LogP contribution in [-0.2, 0) is 12.8 Å². The van der Waals surface area contributed by atoms with Gasteiger partial charge in [-0.15, -0.1) is 0 Å². The smallest absolute Gasteiger partial charge is 0.133 e. The summed E-state index contributed by atoms with van der Waals surface area (Å²) < 4.78 is 5.78. The molecule has 124 valence electrons. The van der Waals surface area contributed by atoms with Crippen molar-refractivity contribution in [1.29, 1.82) is 0 Å². The fraction of sp³-hybridized carbons (Fsp3) is 0.450. The zero-order chi connectivity index (χ0) is 16.3. The van der Waals surface area contributed by atoms with Crippen LogP contribution >= 0.6 is 0 Å². The first kappa shape index (κ1) is 17.3. The molecule has 1 N–H and O–H groups in total. The Balaban J connectivity index is 1.68. The third-order valence-electron chi connectivity index (χ3n) is 3.92. The molecule has 0 spiro atoms. The summed E-state index contributed by atoms with van der Waals surface area (Å²) in [4.78, 5) is 4.21. The van der Waals surface area contributed by atoms with Crippen molar-refractivity contribution in [2.45, 2.75) is 51.9 Å². The molecule has 0 aliphatic heterocycles. The topological polar surface area (TPSA) is 42.4 Å². The first-order valence-corrected chi connectivity index (χ1v) is 8.63. The van der Waals surface area contributed by atoms with E-state index >= 15 is 0 Å². The molecule has 3 nitrogen and oxygen atoms in total. The van der Waals surface area contributed by atoms with Crippen molar-refractivity contribution in [3.8, 4) is 11.5 Å². The van der Waals surface area contributed by atoms with Crippen molar-refractivity contribution in [2.75, 3.05) is 6.61 Å². The molecule has 23 heavy (non-hydrogen) atoms. The van der Waals surface area contributed by atoms with Crippen LogP contribution in [0.4, 0.5) is 0 Å². The van der Waals surface area contributed by atoms with Crippen LogP contribution in [0.5, 0.6) is 11.5 Å². The average Bonchev–Trinajstić information content (AvgIpc) is 2.58. The summed E-state index contributed by atoms with van der Waals surface area (Å²) in [5.74, 6) is 1.16. The zero-order valence-electron chi connectivity index (χ0n) is 14.0. The number of unbranched alkanes of at least 4 members (excludes halogenated alkanes) is 4. The normalized spacial score (nSPS) is 10.7. The van der Waals surface area contributed by atoms with Crippen molar-refractivity contribution < 1.29 is 9.84 Å². The van der Waals surface area contributed by atoms with E-state index in [0.29, 0.717) is 0 Å². The highest BCUT2D eigenvalue weighted by atomic mass is 16.5. The van der Waals surface area contributed by atoms with E-state index in [4.69, 9.17) is 4.74 Å². The minimum Gasteiger partial charge on any atom is -0.506 e. The Bertz CT molecular complexity index is 549. The van der Waals surface area contributed by atoms with Crippen LogP contribution in [0.3, 0.4) is 0 Å².